The lowest BCUT2D eigenvalue weighted by molar-refractivity contribution is 0.155. The third kappa shape index (κ3) is 3.15. The maximum Gasteiger partial charge on any atom is 0.122 e. The molecule has 0 spiro atoms. The van der Waals surface area contributed by atoms with E-state index >= 15 is 0 Å². The zero-order valence-electron chi connectivity index (χ0n) is 15.2. The van der Waals surface area contributed by atoms with Crippen molar-refractivity contribution in [2.45, 2.75) is 44.4 Å². The minimum atomic E-state index is 0.603. The SMILES string of the molecule is COc1ccc(OC)c(C2CCN(CC3C[C@H]4CC[C@H]3C4)CC2)c1. The van der Waals surface area contributed by atoms with Crippen LogP contribution in [0.3, 0.4) is 0 Å². The number of benzene rings is 1. The smallest absolute Gasteiger partial charge is 0.122 e. The van der Waals surface area contributed by atoms with E-state index in [9.17, 15) is 0 Å². The number of ether oxygens (including phenoxy) is 2. The molecule has 1 unspecified atom stereocenters. The highest BCUT2D eigenvalue weighted by Crippen LogP contribution is 2.48. The fraction of sp³-hybridized carbons (Fsp3) is 0.714. The molecule has 4 rings (SSSR count). The second-order valence-electron chi connectivity index (χ2n) is 8.12. The Morgan fingerprint density at radius 3 is 2.46 bits per heavy atom. The van der Waals surface area contributed by atoms with E-state index < -0.39 is 0 Å². The van der Waals surface area contributed by atoms with Crippen LogP contribution in [0.1, 0.15) is 50.0 Å². The maximum atomic E-state index is 5.60. The van der Waals surface area contributed by atoms with E-state index in [2.05, 4.69) is 17.0 Å². The molecular weight excluding hydrogens is 298 g/mol. The van der Waals surface area contributed by atoms with Gasteiger partial charge in [-0.1, -0.05) is 6.42 Å². The lowest BCUT2D eigenvalue weighted by Gasteiger charge is -2.36. The molecule has 0 radical (unpaired) electrons. The van der Waals surface area contributed by atoms with E-state index in [0.29, 0.717) is 5.92 Å². The van der Waals surface area contributed by atoms with E-state index in [1.165, 1.54) is 63.7 Å². The molecule has 1 heterocycles. The topological polar surface area (TPSA) is 21.7 Å². The molecule has 1 aromatic rings. The minimum Gasteiger partial charge on any atom is -0.497 e. The highest BCUT2D eigenvalue weighted by molar-refractivity contribution is 5.42. The number of nitrogens with zero attached hydrogens (tertiary/aromatic N) is 1. The zero-order valence-corrected chi connectivity index (χ0v) is 15.2. The van der Waals surface area contributed by atoms with Crippen LogP contribution in [0, 0.1) is 17.8 Å². The van der Waals surface area contributed by atoms with Crippen LogP contribution < -0.4 is 9.47 Å². The number of fused-ring (bicyclic) bond motifs is 2. The summed E-state index contributed by atoms with van der Waals surface area (Å²) in [7, 11) is 3.51. The van der Waals surface area contributed by atoms with Gasteiger partial charge in [0, 0.05) is 12.1 Å². The molecule has 0 amide bonds. The molecule has 0 N–H and O–H groups in total. The van der Waals surface area contributed by atoms with Gasteiger partial charge in [-0.3, -0.25) is 0 Å². The number of rotatable bonds is 5. The Morgan fingerprint density at radius 1 is 1.00 bits per heavy atom. The van der Waals surface area contributed by atoms with Gasteiger partial charge in [0.25, 0.3) is 0 Å². The van der Waals surface area contributed by atoms with Crippen molar-refractivity contribution < 1.29 is 9.47 Å². The fourth-order valence-corrected chi connectivity index (χ4v) is 5.52. The Kier molecular flexibility index (Phi) is 4.71. The largest absolute Gasteiger partial charge is 0.497 e. The van der Waals surface area contributed by atoms with Crippen LogP contribution in [0.5, 0.6) is 11.5 Å². The summed E-state index contributed by atoms with van der Waals surface area (Å²) in [5, 5.41) is 0. The van der Waals surface area contributed by atoms with E-state index in [1.54, 1.807) is 14.2 Å². The van der Waals surface area contributed by atoms with Gasteiger partial charge in [-0.05, 0) is 87.1 Å². The summed E-state index contributed by atoms with van der Waals surface area (Å²) in [6, 6.07) is 6.22. The van der Waals surface area contributed by atoms with Crippen LogP contribution >= 0.6 is 0 Å². The van der Waals surface area contributed by atoms with Gasteiger partial charge in [0.05, 0.1) is 14.2 Å². The Morgan fingerprint density at radius 2 is 1.83 bits per heavy atom. The van der Waals surface area contributed by atoms with E-state index in [0.717, 1.165) is 29.3 Å². The predicted octanol–water partition coefficient (Wildman–Crippen LogP) is 4.32. The van der Waals surface area contributed by atoms with Crippen molar-refractivity contribution in [1.29, 1.82) is 0 Å². The normalized spacial score (nSPS) is 30.7. The van der Waals surface area contributed by atoms with E-state index in [-0.39, 0.29) is 0 Å². The Hall–Kier alpha value is -1.22. The summed E-state index contributed by atoms with van der Waals surface area (Å²) in [4.78, 5) is 2.73. The van der Waals surface area contributed by atoms with Gasteiger partial charge in [-0.25, -0.2) is 0 Å². The number of hydrogen-bond donors (Lipinski definition) is 0. The van der Waals surface area contributed by atoms with Crippen molar-refractivity contribution in [3.05, 3.63) is 23.8 Å². The fourth-order valence-electron chi connectivity index (χ4n) is 5.52. The highest BCUT2D eigenvalue weighted by Gasteiger charge is 2.40. The molecule has 2 aliphatic carbocycles. The Bertz CT molecular complexity index is 565. The average molecular weight is 329 g/mol. The van der Waals surface area contributed by atoms with Crippen molar-refractivity contribution >= 4 is 0 Å². The van der Waals surface area contributed by atoms with Crippen molar-refractivity contribution in [3.8, 4) is 11.5 Å². The van der Waals surface area contributed by atoms with Crippen LogP contribution in [0.25, 0.3) is 0 Å². The third-order valence-corrected chi connectivity index (χ3v) is 6.84. The summed E-state index contributed by atoms with van der Waals surface area (Å²) in [5.74, 6) is 5.67. The van der Waals surface area contributed by atoms with Crippen LogP contribution in [-0.2, 0) is 0 Å². The van der Waals surface area contributed by atoms with Gasteiger partial charge in [-0.2, -0.15) is 0 Å². The molecule has 2 bridgehead atoms. The first kappa shape index (κ1) is 16.3. The van der Waals surface area contributed by atoms with E-state index in [4.69, 9.17) is 9.47 Å². The quantitative estimate of drug-likeness (QED) is 0.803. The predicted molar refractivity (Wildman–Crippen MR) is 96.9 cm³/mol. The number of piperidine rings is 1. The first-order chi connectivity index (χ1) is 11.8. The summed E-state index contributed by atoms with van der Waals surface area (Å²) < 4.78 is 11.0. The molecule has 1 aliphatic heterocycles. The number of hydrogen-bond acceptors (Lipinski definition) is 3. The molecule has 3 aliphatic rings. The molecule has 1 aromatic carbocycles. The van der Waals surface area contributed by atoms with Gasteiger partial charge >= 0.3 is 0 Å². The minimum absolute atomic E-state index is 0.603. The Labute approximate surface area is 146 Å². The van der Waals surface area contributed by atoms with Crippen LogP contribution in [0.4, 0.5) is 0 Å². The first-order valence-corrected chi connectivity index (χ1v) is 9.71. The molecule has 3 fully saturated rings. The summed E-state index contributed by atoms with van der Waals surface area (Å²) in [6.07, 6.45) is 8.54. The first-order valence-electron chi connectivity index (χ1n) is 9.71. The highest BCUT2D eigenvalue weighted by atomic mass is 16.5. The molecule has 2 saturated carbocycles. The van der Waals surface area contributed by atoms with Crippen LogP contribution in [-0.4, -0.2) is 38.8 Å². The standard InChI is InChI=1S/C21H31NO2/c1-23-19-5-6-21(24-2)20(13-19)16-7-9-22(10-8-16)14-18-12-15-3-4-17(18)11-15/h5-6,13,15-18H,3-4,7-12,14H2,1-2H3/t15-,17-,18?/m0/s1. The summed E-state index contributed by atoms with van der Waals surface area (Å²) in [5.41, 5.74) is 1.33. The molecule has 3 atom stereocenters. The molecule has 24 heavy (non-hydrogen) atoms. The van der Waals surface area contributed by atoms with Crippen molar-refractivity contribution in [2.75, 3.05) is 33.9 Å². The van der Waals surface area contributed by atoms with Gasteiger partial charge in [0.15, 0.2) is 0 Å². The van der Waals surface area contributed by atoms with Crippen LogP contribution in [0.15, 0.2) is 18.2 Å². The second kappa shape index (κ2) is 6.95. The zero-order chi connectivity index (χ0) is 16.5. The van der Waals surface area contributed by atoms with Crippen LogP contribution in [0.2, 0.25) is 0 Å². The van der Waals surface area contributed by atoms with Gasteiger partial charge in [-0.15, -0.1) is 0 Å². The van der Waals surface area contributed by atoms with Gasteiger partial charge in [0.2, 0.25) is 0 Å². The molecule has 3 heteroatoms. The van der Waals surface area contributed by atoms with Crippen molar-refractivity contribution in [2.24, 2.45) is 17.8 Å². The van der Waals surface area contributed by atoms with Crippen molar-refractivity contribution in [3.63, 3.8) is 0 Å². The summed E-state index contributed by atoms with van der Waals surface area (Å²) in [6.45, 7) is 3.82. The number of methoxy groups -OCH3 is 2. The van der Waals surface area contributed by atoms with E-state index in [1.807, 2.05) is 6.07 Å². The monoisotopic (exact) mass is 329 g/mol. The summed E-state index contributed by atoms with van der Waals surface area (Å²) >= 11 is 0. The van der Waals surface area contributed by atoms with Gasteiger partial charge in [0.1, 0.15) is 11.5 Å². The third-order valence-electron chi connectivity index (χ3n) is 6.84. The molecule has 0 aromatic heterocycles. The maximum absolute atomic E-state index is 5.60. The van der Waals surface area contributed by atoms with Crippen molar-refractivity contribution in [1.82, 2.24) is 4.90 Å². The molecule has 132 valence electrons. The Balaban J connectivity index is 1.36. The lowest BCUT2D eigenvalue weighted by atomic mass is 9.85. The second-order valence-corrected chi connectivity index (χ2v) is 8.12. The molecule has 1 saturated heterocycles. The molecular formula is C21H31NO2. The lowest BCUT2D eigenvalue weighted by Crippen LogP contribution is -2.37. The number of likely N-dealkylation sites (tertiary alicyclic amines) is 1. The average Bonchev–Trinajstić information content (AvgIpc) is 3.25. The van der Waals surface area contributed by atoms with Gasteiger partial charge < -0.3 is 14.4 Å². The molecule has 3 nitrogen and oxygen atoms in total.